The molecular formula is C26H24N4O. The van der Waals surface area contributed by atoms with Gasteiger partial charge in [-0.1, -0.05) is 42.5 Å². The molecule has 5 aromatic rings. The van der Waals surface area contributed by atoms with E-state index in [9.17, 15) is 0 Å². The van der Waals surface area contributed by atoms with Crippen LogP contribution >= 0.6 is 0 Å². The Hall–Kier alpha value is -3.86. The van der Waals surface area contributed by atoms with Gasteiger partial charge in [0.1, 0.15) is 18.0 Å². The Morgan fingerprint density at radius 1 is 0.839 bits per heavy atom. The van der Waals surface area contributed by atoms with Crippen molar-refractivity contribution in [1.29, 1.82) is 0 Å². The normalized spacial score (nSPS) is 11.1. The fourth-order valence-corrected chi connectivity index (χ4v) is 3.71. The summed E-state index contributed by atoms with van der Waals surface area (Å²) in [5, 5.41) is 0. The molecule has 5 heteroatoms. The molecule has 0 unspecified atom stereocenters. The zero-order valence-corrected chi connectivity index (χ0v) is 17.3. The molecule has 0 aliphatic heterocycles. The summed E-state index contributed by atoms with van der Waals surface area (Å²) in [6, 6.07) is 22.9. The molecule has 0 aliphatic carbocycles. The number of aryl methyl sites for hydroxylation is 2. The van der Waals surface area contributed by atoms with E-state index in [0.29, 0.717) is 6.61 Å². The van der Waals surface area contributed by atoms with Crippen molar-refractivity contribution in [3.63, 3.8) is 0 Å². The minimum Gasteiger partial charge on any atom is -0.487 e. The molecule has 0 aliphatic rings. The van der Waals surface area contributed by atoms with Crippen molar-refractivity contribution in [2.45, 2.75) is 26.0 Å². The molecule has 0 N–H and O–H groups in total. The van der Waals surface area contributed by atoms with Gasteiger partial charge in [-0.2, -0.15) is 0 Å². The molecule has 0 amide bonds. The van der Waals surface area contributed by atoms with Gasteiger partial charge in [-0.15, -0.1) is 0 Å². The molecule has 0 fully saturated rings. The molecule has 5 nitrogen and oxygen atoms in total. The highest BCUT2D eigenvalue weighted by molar-refractivity contribution is 5.64. The molecule has 3 aromatic heterocycles. The largest absolute Gasteiger partial charge is 0.487 e. The van der Waals surface area contributed by atoms with E-state index < -0.39 is 0 Å². The maximum absolute atomic E-state index is 5.97. The van der Waals surface area contributed by atoms with Gasteiger partial charge >= 0.3 is 0 Å². The number of fused-ring (bicyclic) bond motifs is 1. The molecule has 5 rings (SSSR count). The number of benzene rings is 2. The van der Waals surface area contributed by atoms with Gasteiger partial charge in [0.15, 0.2) is 0 Å². The average molecular weight is 409 g/mol. The second-order valence-electron chi connectivity index (χ2n) is 7.62. The zero-order chi connectivity index (χ0) is 20.9. The minimum atomic E-state index is 0.447. The molecule has 0 radical (unpaired) electrons. The van der Waals surface area contributed by atoms with Crippen LogP contribution in [0.25, 0.3) is 16.8 Å². The highest BCUT2D eigenvalue weighted by Gasteiger charge is 2.05. The fraction of sp³-hybridized carbons (Fsp3) is 0.154. The standard InChI is InChI=1S/C26H24N4O/c1-2-6-22(7-3-1)23-10-13-26-28-24(18-30(26)17-23)19-31-25-11-8-21(9-12-25)5-4-15-29-16-14-27-20-29/h1-3,6-14,16-18,20H,4-5,15,19H2. The first-order valence-corrected chi connectivity index (χ1v) is 10.5. The third kappa shape index (κ3) is 4.67. The Morgan fingerprint density at radius 2 is 1.71 bits per heavy atom. The van der Waals surface area contributed by atoms with Gasteiger partial charge < -0.3 is 13.7 Å². The topological polar surface area (TPSA) is 44.3 Å². The van der Waals surface area contributed by atoms with Crippen LogP contribution in [-0.2, 0) is 19.6 Å². The summed E-state index contributed by atoms with van der Waals surface area (Å²) in [6.07, 6.45) is 11.9. The molecule has 31 heavy (non-hydrogen) atoms. The molecular weight excluding hydrogens is 384 g/mol. The summed E-state index contributed by atoms with van der Waals surface area (Å²) in [4.78, 5) is 8.75. The summed E-state index contributed by atoms with van der Waals surface area (Å²) < 4.78 is 10.1. The molecule has 0 saturated carbocycles. The van der Waals surface area contributed by atoms with Crippen LogP contribution in [0.15, 0.2) is 97.8 Å². The van der Waals surface area contributed by atoms with Gasteiger partial charge in [-0.25, -0.2) is 9.97 Å². The molecule has 0 spiro atoms. The third-order valence-electron chi connectivity index (χ3n) is 5.36. The molecule has 0 bridgehead atoms. The van der Waals surface area contributed by atoms with E-state index in [1.807, 2.05) is 49.2 Å². The number of nitrogens with zero attached hydrogens (tertiary/aromatic N) is 4. The van der Waals surface area contributed by atoms with Crippen LogP contribution < -0.4 is 4.74 Å². The smallest absolute Gasteiger partial charge is 0.137 e. The predicted octanol–water partition coefficient (Wildman–Crippen LogP) is 5.41. The van der Waals surface area contributed by atoms with Crippen LogP contribution in [0.3, 0.4) is 0 Å². The van der Waals surface area contributed by atoms with E-state index >= 15 is 0 Å². The summed E-state index contributed by atoms with van der Waals surface area (Å²) in [5.74, 6) is 0.861. The molecule has 0 atom stereocenters. The van der Waals surface area contributed by atoms with Crippen LogP contribution in [-0.4, -0.2) is 18.9 Å². The van der Waals surface area contributed by atoms with Gasteiger partial charge in [0.25, 0.3) is 0 Å². The van der Waals surface area contributed by atoms with Gasteiger partial charge in [-0.05, 0) is 53.8 Å². The lowest BCUT2D eigenvalue weighted by atomic mass is 10.1. The van der Waals surface area contributed by atoms with Crippen LogP contribution in [0.5, 0.6) is 5.75 Å². The lowest BCUT2D eigenvalue weighted by Crippen LogP contribution is -1.97. The number of hydrogen-bond acceptors (Lipinski definition) is 3. The average Bonchev–Trinajstić information content (AvgIpc) is 3.48. The number of imidazole rings is 2. The summed E-state index contributed by atoms with van der Waals surface area (Å²) in [7, 11) is 0. The van der Waals surface area contributed by atoms with Crippen LogP contribution in [0.4, 0.5) is 0 Å². The van der Waals surface area contributed by atoms with Crippen molar-refractivity contribution in [2.75, 3.05) is 0 Å². The number of hydrogen-bond donors (Lipinski definition) is 0. The van der Waals surface area contributed by atoms with Crippen molar-refractivity contribution in [3.8, 4) is 16.9 Å². The minimum absolute atomic E-state index is 0.447. The van der Waals surface area contributed by atoms with Crippen LogP contribution in [0, 0.1) is 0 Å². The predicted molar refractivity (Wildman–Crippen MR) is 122 cm³/mol. The summed E-state index contributed by atoms with van der Waals surface area (Å²) in [6.45, 7) is 1.43. The van der Waals surface area contributed by atoms with Crippen molar-refractivity contribution in [2.24, 2.45) is 0 Å². The molecule has 2 aromatic carbocycles. The number of ether oxygens (including phenoxy) is 1. The van der Waals surface area contributed by atoms with Crippen molar-refractivity contribution in [1.82, 2.24) is 18.9 Å². The van der Waals surface area contributed by atoms with E-state index in [2.05, 4.69) is 67.6 Å². The molecule has 0 saturated heterocycles. The zero-order valence-electron chi connectivity index (χ0n) is 17.3. The summed E-state index contributed by atoms with van der Waals surface area (Å²) >= 11 is 0. The highest BCUT2D eigenvalue weighted by atomic mass is 16.5. The van der Waals surface area contributed by atoms with E-state index in [4.69, 9.17) is 4.74 Å². The first kappa shape index (κ1) is 19.1. The molecule has 3 heterocycles. The fourth-order valence-electron chi connectivity index (χ4n) is 3.71. The van der Waals surface area contributed by atoms with E-state index in [1.54, 1.807) is 0 Å². The number of pyridine rings is 1. The summed E-state index contributed by atoms with van der Waals surface area (Å²) in [5.41, 5.74) is 5.51. The Labute approximate surface area is 181 Å². The maximum atomic E-state index is 5.97. The van der Waals surface area contributed by atoms with Crippen LogP contribution in [0.1, 0.15) is 17.7 Å². The quantitative estimate of drug-likeness (QED) is 0.345. The van der Waals surface area contributed by atoms with E-state index in [-0.39, 0.29) is 0 Å². The van der Waals surface area contributed by atoms with Crippen LogP contribution in [0.2, 0.25) is 0 Å². The monoisotopic (exact) mass is 408 g/mol. The number of rotatable bonds is 8. The van der Waals surface area contributed by atoms with Gasteiger partial charge in [0, 0.05) is 31.3 Å². The maximum Gasteiger partial charge on any atom is 0.137 e. The van der Waals surface area contributed by atoms with Crippen molar-refractivity contribution < 1.29 is 4.74 Å². The molecule has 154 valence electrons. The van der Waals surface area contributed by atoms with Crippen molar-refractivity contribution in [3.05, 3.63) is 109 Å². The lowest BCUT2D eigenvalue weighted by Gasteiger charge is -2.06. The first-order chi connectivity index (χ1) is 15.3. The Balaban J connectivity index is 1.18. The Kier molecular flexibility index (Phi) is 5.48. The number of aromatic nitrogens is 4. The van der Waals surface area contributed by atoms with E-state index in [1.165, 1.54) is 16.7 Å². The Morgan fingerprint density at radius 3 is 2.52 bits per heavy atom. The van der Waals surface area contributed by atoms with Crippen molar-refractivity contribution >= 4 is 5.65 Å². The highest BCUT2D eigenvalue weighted by Crippen LogP contribution is 2.20. The first-order valence-electron chi connectivity index (χ1n) is 10.5. The lowest BCUT2D eigenvalue weighted by molar-refractivity contribution is 0.302. The van der Waals surface area contributed by atoms with Gasteiger partial charge in [-0.3, -0.25) is 0 Å². The van der Waals surface area contributed by atoms with Gasteiger partial charge in [0.05, 0.1) is 12.0 Å². The SMILES string of the molecule is c1ccc(-c2ccc3nc(COc4ccc(CCCn5ccnc5)cc4)cn3c2)cc1. The second-order valence-corrected chi connectivity index (χ2v) is 7.62. The third-order valence-corrected chi connectivity index (χ3v) is 5.36. The van der Waals surface area contributed by atoms with E-state index in [0.717, 1.165) is 36.5 Å². The second kappa shape index (κ2) is 8.88. The van der Waals surface area contributed by atoms with Gasteiger partial charge in [0.2, 0.25) is 0 Å². The Bertz CT molecular complexity index is 1240.